The van der Waals surface area contributed by atoms with E-state index in [2.05, 4.69) is 25.9 Å². The Morgan fingerprint density at radius 1 is 1.14 bits per heavy atom. The summed E-state index contributed by atoms with van der Waals surface area (Å²) in [6.45, 7) is -0.315. The molecule has 3 aromatic rings. The van der Waals surface area contributed by atoms with Crippen molar-refractivity contribution in [1.82, 2.24) is 30.2 Å². The fourth-order valence-corrected chi connectivity index (χ4v) is 4.01. The van der Waals surface area contributed by atoms with E-state index in [-0.39, 0.29) is 47.6 Å². The molecule has 176 valence electrons. The fourth-order valence-electron chi connectivity index (χ4n) is 4.01. The van der Waals surface area contributed by atoms with Crippen molar-refractivity contribution in [3.63, 3.8) is 0 Å². The molecule has 5 amide bonds. The van der Waals surface area contributed by atoms with Crippen LogP contribution in [0.15, 0.2) is 42.7 Å². The monoisotopic (exact) mass is 477 g/mol. The minimum absolute atomic E-state index is 0.00427. The van der Waals surface area contributed by atoms with E-state index in [4.69, 9.17) is 0 Å². The number of nitrogens with one attached hydrogen (secondary N) is 2. The van der Waals surface area contributed by atoms with E-state index in [1.807, 2.05) is 0 Å². The number of fused-ring (bicyclic) bond motifs is 1. The van der Waals surface area contributed by atoms with E-state index < -0.39 is 41.4 Å². The van der Waals surface area contributed by atoms with Gasteiger partial charge >= 0.3 is 0 Å². The molecule has 1 unspecified atom stereocenters. The molecule has 0 aliphatic carbocycles. The number of carbonyl (C=O) groups excluding carboxylic acids is 5. The summed E-state index contributed by atoms with van der Waals surface area (Å²) in [6, 6.07) is 5.89. The quantitative estimate of drug-likeness (QED) is 0.504. The van der Waals surface area contributed by atoms with Crippen LogP contribution in [0.2, 0.25) is 0 Å². The Labute approximate surface area is 196 Å². The van der Waals surface area contributed by atoms with Gasteiger partial charge in [0, 0.05) is 12.6 Å². The van der Waals surface area contributed by atoms with Gasteiger partial charge in [0.05, 0.1) is 23.0 Å². The molecule has 5 rings (SSSR count). The topological polar surface area (TPSA) is 156 Å². The molecule has 0 radical (unpaired) electrons. The van der Waals surface area contributed by atoms with E-state index >= 15 is 0 Å². The molecule has 2 aromatic heterocycles. The van der Waals surface area contributed by atoms with Crippen LogP contribution < -0.4 is 10.6 Å². The van der Waals surface area contributed by atoms with Crippen LogP contribution in [0, 0.1) is 5.82 Å². The van der Waals surface area contributed by atoms with Gasteiger partial charge in [0.15, 0.2) is 5.82 Å². The molecule has 1 fully saturated rings. The Bertz CT molecular complexity index is 1420. The van der Waals surface area contributed by atoms with Gasteiger partial charge in [-0.15, -0.1) is 5.10 Å². The zero-order chi connectivity index (χ0) is 24.7. The highest BCUT2D eigenvalue weighted by Gasteiger charge is 2.45. The lowest BCUT2D eigenvalue weighted by Crippen LogP contribution is -2.54. The third-order valence-corrected chi connectivity index (χ3v) is 5.59. The molecule has 0 bridgehead atoms. The number of pyridine rings is 1. The first-order chi connectivity index (χ1) is 16.8. The van der Waals surface area contributed by atoms with Crippen molar-refractivity contribution in [2.24, 2.45) is 0 Å². The van der Waals surface area contributed by atoms with Crippen LogP contribution in [0.5, 0.6) is 0 Å². The van der Waals surface area contributed by atoms with E-state index in [1.54, 1.807) is 0 Å². The van der Waals surface area contributed by atoms with Crippen molar-refractivity contribution in [3.8, 4) is 11.4 Å². The van der Waals surface area contributed by atoms with Gasteiger partial charge in [0.1, 0.15) is 24.0 Å². The van der Waals surface area contributed by atoms with Gasteiger partial charge < -0.3 is 5.32 Å². The normalized spacial score (nSPS) is 17.4. The summed E-state index contributed by atoms with van der Waals surface area (Å²) in [5, 5.41) is 12.3. The summed E-state index contributed by atoms with van der Waals surface area (Å²) in [7, 11) is 0. The molecular formula is C22H16FN7O5. The zero-order valence-electron chi connectivity index (χ0n) is 17.9. The number of imide groups is 2. The number of piperidine rings is 1. The summed E-state index contributed by atoms with van der Waals surface area (Å²) < 4.78 is 15.1. The molecule has 1 saturated heterocycles. The molecule has 2 aliphatic rings. The van der Waals surface area contributed by atoms with Crippen molar-refractivity contribution in [2.75, 3.05) is 5.32 Å². The lowest BCUT2D eigenvalue weighted by molar-refractivity contribution is -0.136. The minimum Gasteiger partial charge on any atom is -0.324 e. The number of hydrogen-bond donors (Lipinski definition) is 2. The second-order valence-electron chi connectivity index (χ2n) is 7.86. The van der Waals surface area contributed by atoms with Gasteiger partial charge in [-0.05, 0) is 30.7 Å². The van der Waals surface area contributed by atoms with Gasteiger partial charge in [0.2, 0.25) is 17.7 Å². The molecular weight excluding hydrogens is 461 g/mol. The second kappa shape index (κ2) is 8.52. The summed E-state index contributed by atoms with van der Waals surface area (Å²) in [5.74, 6) is -3.81. The molecule has 2 N–H and O–H groups in total. The molecule has 0 spiro atoms. The average Bonchev–Trinajstić information content (AvgIpc) is 3.37. The predicted molar refractivity (Wildman–Crippen MR) is 115 cm³/mol. The number of carbonyl (C=O) groups is 5. The number of rotatable bonds is 5. The van der Waals surface area contributed by atoms with Gasteiger partial charge in [-0.1, -0.05) is 11.3 Å². The summed E-state index contributed by atoms with van der Waals surface area (Å²) in [4.78, 5) is 67.0. The van der Waals surface area contributed by atoms with Gasteiger partial charge in [-0.2, -0.15) is 0 Å². The number of hydrogen-bond acceptors (Lipinski definition) is 8. The number of nitrogens with zero attached hydrogens (tertiary/aromatic N) is 5. The van der Waals surface area contributed by atoms with Gasteiger partial charge in [-0.3, -0.25) is 39.2 Å². The maximum absolute atomic E-state index is 13.9. The number of halogens is 1. The first-order valence-corrected chi connectivity index (χ1v) is 10.5. The van der Waals surface area contributed by atoms with Crippen LogP contribution >= 0.6 is 0 Å². The average molecular weight is 477 g/mol. The third kappa shape index (κ3) is 3.92. The van der Waals surface area contributed by atoms with Crippen LogP contribution in [0.25, 0.3) is 11.4 Å². The SMILES string of the molecule is O=C1CCC(N2C(=O)c3cccc(NC(=O)Cn4cc(-c5ncccc5F)nn4)c3C2=O)C(=O)N1. The van der Waals surface area contributed by atoms with Crippen LogP contribution in [0.3, 0.4) is 0 Å². The molecule has 35 heavy (non-hydrogen) atoms. The summed E-state index contributed by atoms with van der Waals surface area (Å²) >= 11 is 0. The number of anilines is 1. The van der Waals surface area contributed by atoms with E-state index in [9.17, 15) is 28.4 Å². The Hall–Kier alpha value is -4.81. The largest absolute Gasteiger partial charge is 0.324 e. The van der Waals surface area contributed by atoms with Crippen LogP contribution in [0.1, 0.15) is 33.6 Å². The lowest BCUT2D eigenvalue weighted by atomic mass is 10.0. The molecule has 0 saturated carbocycles. The number of amides is 5. The predicted octanol–water partition coefficient (Wildman–Crippen LogP) is 0.519. The van der Waals surface area contributed by atoms with E-state index in [0.717, 1.165) is 4.90 Å². The number of benzene rings is 1. The Balaban J connectivity index is 1.34. The second-order valence-corrected chi connectivity index (χ2v) is 7.86. The van der Waals surface area contributed by atoms with E-state index in [0.29, 0.717) is 0 Å². The molecule has 1 aromatic carbocycles. The van der Waals surface area contributed by atoms with Gasteiger partial charge in [-0.25, -0.2) is 9.07 Å². The fraction of sp³-hybridized carbons (Fsp3) is 0.182. The zero-order valence-corrected chi connectivity index (χ0v) is 17.9. The van der Waals surface area contributed by atoms with Crippen LogP contribution in [-0.4, -0.2) is 60.5 Å². The maximum Gasteiger partial charge on any atom is 0.264 e. The van der Waals surface area contributed by atoms with Crippen LogP contribution in [-0.2, 0) is 20.9 Å². The van der Waals surface area contributed by atoms with Crippen LogP contribution in [0.4, 0.5) is 10.1 Å². The highest BCUT2D eigenvalue weighted by atomic mass is 19.1. The Morgan fingerprint density at radius 2 is 1.97 bits per heavy atom. The standard InChI is InChI=1S/C22H16FN7O5/c23-12-4-2-8-24-19(12)14-9-29(28-27-14)10-17(32)25-13-5-1-3-11-18(13)22(35)30(21(11)34)15-6-7-16(31)26-20(15)33/h1-5,8-9,15H,6-7,10H2,(H,25,32)(H,26,31,33). The molecule has 13 heteroatoms. The summed E-state index contributed by atoms with van der Waals surface area (Å²) in [5.41, 5.74) is 0.183. The Kier molecular flexibility index (Phi) is 5.35. The van der Waals surface area contributed by atoms with Gasteiger partial charge in [0.25, 0.3) is 11.8 Å². The molecule has 12 nitrogen and oxygen atoms in total. The van der Waals surface area contributed by atoms with Crippen molar-refractivity contribution in [1.29, 1.82) is 0 Å². The smallest absolute Gasteiger partial charge is 0.264 e. The molecule has 2 aliphatic heterocycles. The first-order valence-electron chi connectivity index (χ1n) is 10.5. The Morgan fingerprint density at radius 3 is 2.74 bits per heavy atom. The molecule has 1 atom stereocenters. The highest BCUT2D eigenvalue weighted by molar-refractivity contribution is 6.26. The maximum atomic E-state index is 13.9. The summed E-state index contributed by atoms with van der Waals surface area (Å²) in [6.07, 6.45) is 2.76. The highest BCUT2D eigenvalue weighted by Crippen LogP contribution is 2.32. The van der Waals surface area contributed by atoms with Crippen molar-refractivity contribution in [2.45, 2.75) is 25.4 Å². The third-order valence-electron chi connectivity index (χ3n) is 5.59. The minimum atomic E-state index is -1.12. The van der Waals surface area contributed by atoms with Crippen molar-refractivity contribution in [3.05, 3.63) is 59.7 Å². The molecule has 4 heterocycles. The van der Waals surface area contributed by atoms with E-state index in [1.165, 1.54) is 47.4 Å². The lowest BCUT2D eigenvalue weighted by Gasteiger charge is -2.27. The van der Waals surface area contributed by atoms with Crippen molar-refractivity contribution < 1.29 is 28.4 Å². The first kappa shape index (κ1) is 22.0. The number of aromatic nitrogens is 4. The van der Waals surface area contributed by atoms with Crippen molar-refractivity contribution >= 4 is 35.2 Å².